The molecular weight excluding hydrogens is 881 g/mol. The summed E-state index contributed by atoms with van der Waals surface area (Å²) < 4.78 is 0. The molecule has 422 valence electrons. The molecule has 0 aliphatic rings. The van der Waals surface area contributed by atoms with Gasteiger partial charge in [0.1, 0.15) is 0 Å². The van der Waals surface area contributed by atoms with Crippen molar-refractivity contribution in [1.29, 1.82) is 0 Å². The number of allylic oxidation sites excluding steroid dienone is 12. The van der Waals surface area contributed by atoms with Crippen LogP contribution in [0, 0.1) is 5.92 Å². The number of unbranched alkanes of at least 4 members (excludes halogenated alkanes) is 27. The van der Waals surface area contributed by atoms with Crippen molar-refractivity contribution < 1.29 is 10.2 Å². The summed E-state index contributed by atoms with van der Waals surface area (Å²) in [5, 5.41) is 21.3. The molecule has 0 aliphatic heterocycles. The molecule has 0 aromatic heterocycles. The van der Waals surface area contributed by atoms with Crippen LogP contribution in [0.15, 0.2) is 72.9 Å². The normalized spacial score (nSPS) is 14.0. The molecule has 6 N–H and O–H groups in total. The monoisotopic (exact) mass is 1010 g/mol. The van der Waals surface area contributed by atoms with E-state index in [9.17, 15) is 10.2 Å². The van der Waals surface area contributed by atoms with Crippen molar-refractivity contribution in [3.05, 3.63) is 72.9 Å². The van der Waals surface area contributed by atoms with Crippen LogP contribution in [0.5, 0.6) is 0 Å². The maximum absolute atomic E-state index is 10.7. The van der Waals surface area contributed by atoms with E-state index in [0.717, 1.165) is 71.2 Å². The zero-order valence-electron chi connectivity index (χ0n) is 48.5. The van der Waals surface area contributed by atoms with Crippen LogP contribution in [-0.4, -0.2) is 84.6 Å². The average molecular weight is 1010 g/mol. The summed E-state index contributed by atoms with van der Waals surface area (Å²) in [5.41, 5.74) is 11.9. The van der Waals surface area contributed by atoms with Gasteiger partial charge in [0.05, 0.1) is 12.2 Å². The fraction of sp³-hybridized carbons (Fsp3) is 0.818. The Bertz CT molecular complexity index is 1230. The fourth-order valence-corrected chi connectivity index (χ4v) is 9.81. The van der Waals surface area contributed by atoms with Gasteiger partial charge in [-0.3, -0.25) is 0 Å². The van der Waals surface area contributed by atoms with E-state index in [1.54, 1.807) is 0 Å². The van der Waals surface area contributed by atoms with Crippen molar-refractivity contribution in [3.63, 3.8) is 0 Å². The summed E-state index contributed by atoms with van der Waals surface area (Å²) in [6, 6.07) is 0. The first-order chi connectivity index (χ1) is 35.5. The Labute approximate surface area is 450 Å². The summed E-state index contributed by atoms with van der Waals surface area (Å²) in [6.45, 7) is 13.6. The molecule has 0 aromatic rings. The third kappa shape index (κ3) is 54.5. The molecule has 0 rings (SSSR count). The van der Waals surface area contributed by atoms with E-state index in [0.29, 0.717) is 25.6 Å². The third-order valence-electron chi connectivity index (χ3n) is 14.6. The number of hydrogen-bond acceptors (Lipinski definition) is 6. The number of rotatable bonds is 58. The summed E-state index contributed by atoms with van der Waals surface area (Å²) in [6.07, 6.45) is 77.5. The van der Waals surface area contributed by atoms with E-state index in [-0.39, 0.29) is 0 Å². The van der Waals surface area contributed by atoms with Crippen LogP contribution in [0.4, 0.5) is 0 Å². The van der Waals surface area contributed by atoms with Gasteiger partial charge < -0.3 is 31.5 Å². The van der Waals surface area contributed by atoms with Gasteiger partial charge in [-0.2, -0.15) is 0 Å². The van der Waals surface area contributed by atoms with Crippen LogP contribution in [0.25, 0.3) is 0 Å². The van der Waals surface area contributed by atoms with Gasteiger partial charge in [0.15, 0.2) is 0 Å². The molecule has 0 bridgehead atoms. The first kappa shape index (κ1) is 70.2. The minimum atomic E-state index is -0.460. The molecule has 0 aromatic carbocycles. The number of aliphatic hydroxyl groups excluding tert-OH is 2. The van der Waals surface area contributed by atoms with Crippen LogP contribution in [0.2, 0.25) is 0 Å². The molecule has 6 heteroatoms. The van der Waals surface area contributed by atoms with Crippen molar-refractivity contribution in [2.24, 2.45) is 17.4 Å². The van der Waals surface area contributed by atoms with Crippen molar-refractivity contribution in [2.75, 3.05) is 52.4 Å². The Kier molecular flexibility index (Phi) is 58.6. The Balaban J connectivity index is 5.00. The van der Waals surface area contributed by atoms with E-state index in [1.165, 1.54) is 218 Å². The summed E-state index contributed by atoms with van der Waals surface area (Å²) in [4.78, 5) is 5.23. The highest BCUT2D eigenvalue weighted by molar-refractivity contribution is 4.94. The van der Waals surface area contributed by atoms with Gasteiger partial charge in [-0.25, -0.2) is 0 Å². The van der Waals surface area contributed by atoms with Crippen molar-refractivity contribution in [3.8, 4) is 0 Å². The van der Waals surface area contributed by atoms with Gasteiger partial charge in [0, 0.05) is 19.6 Å². The van der Waals surface area contributed by atoms with E-state index in [4.69, 9.17) is 11.5 Å². The Morgan fingerprint density at radius 3 is 1.03 bits per heavy atom. The zero-order valence-corrected chi connectivity index (χ0v) is 48.5. The topological polar surface area (TPSA) is 99.0 Å². The maximum Gasteiger partial charge on any atom is 0.0789 e. The largest absolute Gasteiger partial charge is 0.392 e. The maximum atomic E-state index is 10.7. The minimum absolute atomic E-state index is 0.324. The molecule has 0 saturated heterocycles. The van der Waals surface area contributed by atoms with E-state index in [1.807, 2.05) is 0 Å². The lowest BCUT2D eigenvalue weighted by molar-refractivity contribution is 0.111. The Morgan fingerprint density at radius 2 is 0.639 bits per heavy atom. The number of aliphatic hydroxyl groups is 2. The van der Waals surface area contributed by atoms with Crippen LogP contribution in [-0.2, 0) is 0 Å². The number of nitrogens with two attached hydrogens (primary N) is 2. The molecule has 0 aliphatic carbocycles. The van der Waals surface area contributed by atoms with Gasteiger partial charge in [-0.15, -0.1) is 0 Å². The quantitative estimate of drug-likeness (QED) is 0.0358. The highest BCUT2D eigenvalue weighted by Gasteiger charge is 2.17. The number of nitrogens with zero attached hydrogens (tertiary/aromatic N) is 2. The van der Waals surface area contributed by atoms with Crippen molar-refractivity contribution in [1.82, 2.24) is 9.80 Å². The van der Waals surface area contributed by atoms with Gasteiger partial charge in [-0.05, 0) is 167 Å². The second-order valence-corrected chi connectivity index (χ2v) is 21.7. The molecule has 0 heterocycles. The summed E-state index contributed by atoms with van der Waals surface area (Å²) in [7, 11) is 0. The third-order valence-corrected chi connectivity index (χ3v) is 14.6. The molecular formula is C66H126N4O2. The van der Waals surface area contributed by atoms with Crippen molar-refractivity contribution in [2.45, 2.75) is 290 Å². The van der Waals surface area contributed by atoms with Crippen LogP contribution in [0.3, 0.4) is 0 Å². The molecule has 0 amide bonds. The van der Waals surface area contributed by atoms with Gasteiger partial charge in [-0.1, -0.05) is 222 Å². The molecule has 0 fully saturated rings. The molecule has 0 radical (unpaired) electrons. The van der Waals surface area contributed by atoms with Gasteiger partial charge in [0.25, 0.3) is 0 Å². The number of hydrogen-bond donors (Lipinski definition) is 4. The van der Waals surface area contributed by atoms with Crippen LogP contribution < -0.4 is 11.5 Å². The zero-order chi connectivity index (χ0) is 52.3. The lowest BCUT2D eigenvalue weighted by Gasteiger charge is -2.29. The van der Waals surface area contributed by atoms with Gasteiger partial charge >= 0.3 is 0 Å². The van der Waals surface area contributed by atoms with E-state index < -0.39 is 12.2 Å². The van der Waals surface area contributed by atoms with Gasteiger partial charge in [0.2, 0.25) is 0 Å². The second kappa shape index (κ2) is 60.1. The molecule has 72 heavy (non-hydrogen) atoms. The molecule has 0 saturated carbocycles. The SMILES string of the molecule is CCCCCC=CCC=CCCCCCCCCN(CCCN(CCCCCCCC/C=C\CC=CCCCCC)CCC(CCCCCCCC/C=C\CC=CCCCCC)CC(O)CN)CC(O)CN. The van der Waals surface area contributed by atoms with E-state index in [2.05, 4.69) is 103 Å². The predicted molar refractivity (Wildman–Crippen MR) is 323 cm³/mol. The molecule has 3 atom stereocenters. The second-order valence-electron chi connectivity index (χ2n) is 21.7. The minimum Gasteiger partial charge on any atom is -0.392 e. The fourth-order valence-electron chi connectivity index (χ4n) is 9.81. The Morgan fingerprint density at radius 1 is 0.319 bits per heavy atom. The highest BCUT2D eigenvalue weighted by Crippen LogP contribution is 2.22. The average Bonchev–Trinajstić information content (AvgIpc) is 3.39. The van der Waals surface area contributed by atoms with E-state index >= 15 is 0 Å². The van der Waals surface area contributed by atoms with Crippen molar-refractivity contribution >= 4 is 0 Å². The Hall–Kier alpha value is -1.80. The lowest BCUT2D eigenvalue weighted by Crippen LogP contribution is -2.39. The standard InChI is InChI=1S/C66H126N4O2/c1-4-7-10-13-16-19-22-25-28-31-34-37-40-43-46-49-53-64(60-65(71)61-67)54-59-69(55-50-47-44-41-38-35-32-29-26-23-20-17-14-11-8-5-2)57-52-58-70(63-66(72)62-68)56-51-48-45-42-39-36-33-30-27-24-21-18-15-12-9-6-3/h16-21,25-30,64-66,71-72H,4-15,22-24,31-63,67-68H2,1-3H3/b19-16?,20-17?,21-18?,28-25-,29-26-,30-27?. The molecule has 3 unspecified atom stereocenters. The predicted octanol–water partition coefficient (Wildman–Crippen LogP) is 17.8. The first-order valence-electron chi connectivity index (χ1n) is 31.6. The summed E-state index contributed by atoms with van der Waals surface area (Å²) in [5.74, 6) is 0.521. The smallest absolute Gasteiger partial charge is 0.0789 e. The molecule has 6 nitrogen and oxygen atoms in total. The van der Waals surface area contributed by atoms with Crippen LogP contribution >= 0.6 is 0 Å². The first-order valence-corrected chi connectivity index (χ1v) is 31.6. The molecule has 0 spiro atoms. The van der Waals surface area contributed by atoms with Crippen LogP contribution in [0.1, 0.15) is 278 Å². The highest BCUT2D eigenvalue weighted by atomic mass is 16.3. The summed E-state index contributed by atoms with van der Waals surface area (Å²) >= 11 is 0. The lowest BCUT2D eigenvalue weighted by atomic mass is 9.91.